The summed E-state index contributed by atoms with van der Waals surface area (Å²) in [6.45, 7) is 0. The van der Waals surface area contributed by atoms with E-state index in [1.807, 2.05) is 0 Å². The Kier molecular flexibility index (Phi) is 2.43. The van der Waals surface area contributed by atoms with Crippen molar-refractivity contribution in [3.05, 3.63) is 20.6 Å². The lowest BCUT2D eigenvalue weighted by Crippen LogP contribution is -1.81. The van der Waals surface area contributed by atoms with E-state index in [0.717, 1.165) is 0 Å². The molecule has 0 unspecified atom stereocenters. The number of hydrogen-bond donors (Lipinski definition) is 0. The highest BCUT2D eigenvalue weighted by molar-refractivity contribution is 9.11. The molecule has 0 aliphatic rings. The van der Waals surface area contributed by atoms with E-state index in [9.17, 15) is 0 Å². The summed E-state index contributed by atoms with van der Waals surface area (Å²) in [5, 5.41) is 0.512. The van der Waals surface area contributed by atoms with Gasteiger partial charge in [-0.2, -0.15) is 0 Å². The van der Waals surface area contributed by atoms with E-state index in [1.165, 1.54) is 6.20 Å². The zero-order valence-corrected chi connectivity index (χ0v) is 8.03. The minimum absolute atomic E-state index is 0.512. The number of aromatic nitrogens is 2. The van der Waals surface area contributed by atoms with Crippen molar-refractivity contribution in [1.82, 2.24) is 9.97 Å². The minimum Gasteiger partial charge on any atom is -0.229 e. The quantitative estimate of drug-likeness (QED) is 0.536. The van der Waals surface area contributed by atoms with E-state index in [4.69, 9.17) is 11.6 Å². The van der Waals surface area contributed by atoms with Gasteiger partial charge < -0.3 is 0 Å². The van der Waals surface area contributed by atoms with E-state index in [2.05, 4.69) is 41.8 Å². The van der Waals surface area contributed by atoms with Crippen LogP contribution < -0.4 is 0 Å². The lowest BCUT2D eigenvalue weighted by molar-refractivity contribution is 1.09. The molecule has 2 nitrogen and oxygen atoms in total. The molecule has 0 saturated heterocycles. The maximum Gasteiger partial charge on any atom is 0.197 e. The van der Waals surface area contributed by atoms with Crippen molar-refractivity contribution < 1.29 is 0 Å². The second-order valence-electron chi connectivity index (χ2n) is 1.28. The first-order chi connectivity index (χ1) is 4.20. The maximum absolute atomic E-state index is 5.59. The van der Waals surface area contributed by atoms with Crippen LogP contribution in [0.4, 0.5) is 0 Å². The summed E-state index contributed by atoms with van der Waals surface area (Å²) >= 11 is 11.8. The summed E-state index contributed by atoms with van der Waals surface area (Å²) in [5.74, 6) is 0. The summed E-state index contributed by atoms with van der Waals surface area (Å²) in [6.07, 6.45) is 1.52. The van der Waals surface area contributed by atoms with Crippen LogP contribution in [0.3, 0.4) is 0 Å². The maximum atomic E-state index is 5.59. The van der Waals surface area contributed by atoms with Crippen molar-refractivity contribution in [2.45, 2.75) is 0 Å². The fourth-order valence-electron chi connectivity index (χ4n) is 0.326. The molecular weight excluding hydrogens is 271 g/mol. The van der Waals surface area contributed by atoms with Crippen molar-refractivity contribution in [2.75, 3.05) is 0 Å². The topological polar surface area (TPSA) is 25.8 Å². The predicted molar refractivity (Wildman–Crippen MR) is 42.4 cm³/mol. The lowest BCUT2D eigenvalue weighted by Gasteiger charge is -1.91. The zero-order valence-electron chi connectivity index (χ0n) is 4.11. The Hall–Kier alpha value is 0.330. The molecule has 0 bridgehead atoms. The van der Waals surface area contributed by atoms with Crippen LogP contribution in [0.15, 0.2) is 15.5 Å². The average molecular weight is 272 g/mol. The molecule has 9 heavy (non-hydrogen) atoms. The van der Waals surface area contributed by atoms with Gasteiger partial charge in [-0.05, 0) is 31.9 Å². The van der Waals surface area contributed by atoms with Gasteiger partial charge >= 0.3 is 0 Å². The molecule has 0 aliphatic heterocycles. The van der Waals surface area contributed by atoms with Crippen molar-refractivity contribution in [3.63, 3.8) is 0 Å². The molecule has 1 heterocycles. The van der Waals surface area contributed by atoms with Gasteiger partial charge in [-0.15, -0.1) is 0 Å². The number of hydrogen-bond acceptors (Lipinski definition) is 2. The molecule has 0 aliphatic carbocycles. The highest BCUT2D eigenvalue weighted by Crippen LogP contribution is 2.19. The number of rotatable bonds is 0. The highest BCUT2D eigenvalue weighted by Gasteiger charge is 1.97. The molecule has 0 fully saturated rings. The third kappa shape index (κ3) is 1.88. The third-order valence-corrected chi connectivity index (χ3v) is 2.16. The molecule has 1 aromatic heterocycles. The van der Waals surface area contributed by atoms with Crippen molar-refractivity contribution in [2.24, 2.45) is 0 Å². The van der Waals surface area contributed by atoms with Crippen LogP contribution in [-0.2, 0) is 0 Å². The van der Waals surface area contributed by atoms with E-state index >= 15 is 0 Å². The summed E-state index contributed by atoms with van der Waals surface area (Å²) in [4.78, 5) is 7.65. The first-order valence-corrected chi connectivity index (χ1v) is 4.00. The summed E-state index contributed by atoms with van der Waals surface area (Å²) < 4.78 is 1.13. The van der Waals surface area contributed by atoms with Crippen LogP contribution >= 0.6 is 43.5 Å². The average Bonchev–Trinajstić information content (AvgIpc) is 1.80. The van der Waals surface area contributed by atoms with Crippen LogP contribution in [-0.4, -0.2) is 9.97 Å². The minimum atomic E-state index is 0.512. The van der Waals surface area contributed by atoms with Gasteiger partial charge in [0.2, 0.25) is 0 Å². The fraction of sp³-hybridized carbons (Fsp3) is 0. The Labute approximate surface area is 73.9 Å². The van der Waals surface area contributed by atoms with Gasteiger partial charge in [-0.1, -0.05) is 11.6 Å². The molecule has 0 atom stereocenters. The smallest absolute Gasteiger partial charge is 0.197 e. The zero-order chi connectivity index (χ0) is 6.85. The lowest BCUT2D eigenvalue weighted by atomic mass is 10.7. The highest BCUT2D eigenvalue weighted by atomic mass is 79.9. The molecule has 0 aromatic carbocycles. The van der Waals surface area contributed by atoms with E-state index in [-0.39, 0.29) is 0 Å². The Morgan fingerprint density at radius 3 is 2.56 bits per heavy atom. The van der Waals surface area contributed by atoms with Gasteiger partial charge in [0.05, 0.1) is 11.2 Å². The van der Waals surface area contributed by atoms with E-state index in [1.54, 1.807) is 0 Å². The Morgan fingerprint density at radius 2 is 2.11 bits per heavy atom. The monoisotopic (exact) mass is 270 g/mol. The van der Waals surface area contributed by atoms with Gasteiger partial charge in [0.15, 0.2) is 4.73 Å². The molecule has 0 saturated carbocycles. The van der Waals surface area contributed by atoms with Gasteiger partial charge in [-0.3, -0.25) is 0 Å². The number of nitrogens with zero attached hydrogens (tertiary/aromatic N) is 2. The molecule has 0 radical (unpaired) electrons. The molecule has 0 N–H and O–H groups in total. The molecule has 48 valence electrons. The molecule has 5 heteroatoms. The summed E-state index contributed by atoms with van der Waals surface area (Å²) in [5.41, 5.74) is 0. The normalized spacial score (nSPS) is 9.67. The Bertz CT molecular complexity index is 228. The van der Waals surface area contributed by atoms with Gasteiger partial charge in [-0.25, -0.2) is 9.97 Å². The molecule has 0 spiro atoms. The van der Waals surface area contributed by atoms with Gasteiger partial charge in [0, 0.05) is 0 Å². The Morgan fingerprint density at radius 1 is 1.44 bits per heavy atom. The van der Waals surface area contributed by atoms with Gasteiger partial charge in [0.1, 0.15) is 4.60 Å². The van der Waals surface area contributed by atoms with E-state index in [0.29, 0.717) is 14.4 Å². The standard InChI is InChI=1S/C4HBr2ClN2/c5-3-2(7)1-8-4(6)9-3/h1H. The Balaban J connectivity index is 3.17. The first-order valence-electron chi connectivity index (χ1n) is 2.03. The number of halogens is 3. The van der Waals surface area contributed by atoms with Crippen molar-refractivity contribution >= 4 is 43.5 Å². The fourth-order valence-corrected chi connectivity index (χ4v) is 1.21. The van der Waals surface area contributed by atoms with Crippen molar-refractivity contribution in [3.8, 4) is 0 Å². The molecular formula is C4HBr2ClN2. The molecule has 1 rings (SSSR count). The van der Waals surface area contributed by atoms with Crippen LogP contribution in [0.25, 0.3) is 0 Å². The summed E-state index contributed by atoms with van der Waals surface area (Å²) in [7, 11) is 0. The summed E-state index contributed by atoms with van der Waals surface area (Å²) in [6, 6.07) is 0. The third-order valence-electron chi connectivity index (χ3n) is 0.672. The van der Waals surface area contributed by atoms with E-state index < -0.39 is 0 Å². The van der Waals surface area contributed by atoms with Crippen LogP contribution in [0.2, 0.25) is 5.02 Å². The first kappa shape index (κ1) is 7.44. The van der Waals surface area contributed by atoms with Crippen LogP contribution in [0.1, 0.15) is 0 Å². The second-order valence-corrected chi connectivity index (χ2v) is 3.15. The second kappa shape index (κ2) is 2.94. The van der Waals surface area contributed by atoms with Gasteiger partial charge in [0.25, 0.3) is 0 Å². The molecule has 0 amide bonds. The predicted octanol–water partition coefficient (Wildman–Crippen LogP) is 2.66. The van der Waals surface area contributed by atoms with Crippen LogP contribution in [0, 0.1) is 0 Å². The molecule has 1 aromatic rings. The van der Waals surface area contributed by atoms with Crippen molar-refractivity contribution in [1.29, 1.82) is 0 Å². The largest absolute Gasteiger partial charge is 0.229 e. The van der Waals surface area contributed by atoms with Crippen LogP contribution in [0.5, 0.6) is 0 Å². The SMILES string of the molecule is Clc1cnc(Br)nc1Br.